The van der Waals surface area contributed by atoms with Gasteiger partial charge in [0.1, 0.15) is 18.1 Å². The van der Waals surface area contributed by atoms with Crippen molar-refractivity contribution in [3.8, 4) is 5.75 Å². The summed E-state index contributed by atoms with van der Waals surface area (Å²) in [5.74, 6) is -9.14. The van der Waals surface area contributed by atoms with Crippen LogP contribution in [0.1, 0.15) is 51.0 Å². The van der Waals surface area contributed by atoms with Gasteiger partial charge in [0.15, 0.2) is 5.50 Å². The summed E-state index contributed by atoms with van der Waals surface area (Å²) in [5.41, 5.74) is -2.27. The molecule has 0 saturated heterocycles. The van der Waals surface area contributed by atoms with Crippen LogP contribution in [0.2, 0.25) is 0 Å². The van der Waals surface area contributed by atoms with E-state index in [-0.39, 0.29) is 36.4 Å². The summed E-state index contributed by atoms with van der Waals surface area (Å²) in [5, 5.41) is 9.23. The number of halogens is 8. The second-order valence-electron chi connectivity index (χ2n) is 10.1. The number of ether oxygens (including phenoxy) is 1. The van der Waals surface area contributed by atoms with Crippen LogP contribution in [0.25, 0.3) is 0 Å². The van der Waals surface area contributed by atoms with Gasteiger partial charge in [-0.25, -0.2) is 31.7 Å². The normalized spacial score (nSPS) is 22.5. The van der Waals surface area contributed by atoms with Crippen LogP contribution in [0.15, 0.2) is 33.8 Å². The first-order valence-electron chi connectivity index (χ1n) is 12.7. The zero-order chi connectivity index (χ0) is 30.6. The zero-order valence-electron chi connectivity index (χ0n) is 22.2. The molecule has 1 aromatic carbocycles. The highest BCUT2D eigenvalue weighted by Gasteiger charge is 2.43. The summed E-state index contributed by atoms with van der Waals surface area (Å²) in [4.78, 5) is 16.5. The molecule has 1 aliphatic heterocycles. The first-order valence-corrected chi connectivity index (χ1v) is 14.9. The number of thioether (sulfide) groups is 2. The quantitative estimate of drug-likeness (QED) is 0.121. The minimum atomic E-state index is -4.94. The molecule has 1 heterocycles. The monoisotopic (exact) mass is 634 g/mol. The van der Waals surface area contributed by atoms with Crippen molar-refractivity contribution in [2.75, 3.05) is 24.3 Å². The number of rotatable bonds is 10. The number of carboxylic acids is 1. The number of hydrogen-bond donors (Lipinski definition) is 1. The molecule has 2 unspecified atom stereocenters. The summed E-state index contributed by atoms with van der Waals surface area (Å²) in [6.07, 6.45) is -4.39. The third kappa shape index (κ3) is 9.42. The van der Waals surface area contributed by atoms with E-state index in [1.165, 1.54) is 10.4 Å². The molecule has 3 rings (SSSR count). The van der Waals surface area contributed by atoms with Gasteiger partial charge in [0.2, 0.25) is 11.8 Å². The molecule has 230 valence electrons. The molecule has 15 heteroatoms. The first kappa shape index (κ1) is 33.3. The SMILES string of the molecule is CSC=N/C(=C/COc1cc2c(cc1C(F)(F)F)N(C1CCC(F)(F)CC1)CC(CCC(C)(F)F)C(F)S2)C(=O)O. The molecule has 0 spiro atoms. The van der Waals surface area contributed by atoms with Crippen LogP contribution < -0.4 is 9.64 Å². The van der Waals surface area contributed by atoms with Crippen molar-refractivity contribution in [3.63, 3.8) is 0 Å². The topological polar surface area (TPSA) is 62.1 Å². The van der Waals surface area contributed by atoms with Crippen molar-refractivity contribution in [2.24, 2.45) is 10.9 Å². The maximum atomic E-state index is 15.5. The molecular formula is C26H30F8N2O3S2. The third-order valence-electron chi connectivity index (χ3n) is 6.83. The van der Waals surface area contributed by atoms with E-state index in [1.54, 1.807) is 6.26 Å². The fraction of sp³-hybridized carbons (Fsp3) is 0.615. The van der Waals surface area contributed by atoms with Gasteiger partial charge in [0, 0.05) is 42.7 Å². The van der Waals surface area contributed by atoms with Gasteiger partial charge in [-0.15, -0.1) is 11.8 Å². The van der Waals surface area contributed by atoms with Crippen molar-refractivity contribution in [1.82, 2.24) is 0 Å². The molecule has 1 fully saturated rings. The third-order valence-corrected chi connectivity index (χ3v) is 8.34. The van der Waals surface area contributed by atoms with Crippen LogP contribution in [0, 0.1) is 5.92 Å². The maximum absolute atomic E-state index is 15.5. The van der Waals surface area contributed by atoms with Crippen molar-refractivity contribution in [3.05, 3.63) is 29.5 Å². The second-order valence-corrected chi connectivity index (χ2v) is 11.9. The number of nitrogens with zero attached hydrogens (tertiary/aromatic N) is 2. The van der Waals surface area contributed by atoms with Crippen LogP contribution >= 0.6 is 23.5 Å². The van der Waals surface area contributed by atoms with Gasteiger partial charge in [0.25, 0.3) is 0 Å². The van der Waals surface area contributed by atoms with E-state index in [4.69, 9.17) is 4.74 Å². The van der Waals surface area contributed by atoms with Crippen LogP contribution in [-0.4, -0.2) is 59.4 Å². The molecule has 41 heavy (non-hydrogen) atoms. The molecule has 2 aliphatic rings. The average molecular weight is 635 g/mol. The Labute approximate surface area is 240 Å². The number of carbonyl (C=O) groups is 1. The molecule has 1 aromatic rings. The van der Waals surface area contributed by atoms with Gasteiger partial charge in [-0.2, -0.15) is 13.2 Å². The predicted molar refractivity (Wildman–Crippen MR) is 143 cm³/mol. The molecule has 0 aromatic heterocycles. The smallest absolute Gasteiger partial charge is 0.420 e. The van der Waals surface area contributed by atoms with E-state index in [2.05, 4.69) is 4.99 Å². The average Bonchev–Trinajstić information content (AvgIpc) is 2.98. The molecule has 0 amide bonds. The number of alkyl halides is 8. The fourth-order valence-electron chi connectivity index (χ4n) is 4.72. The van der Waals surface area contributed by atoms with Crippen molar-refractivity contribution >= 4 is 40.7 Å². The van der Waals surface area contributed by atoms with Crippen LogP contribution in [0.4, 0.5) is 40.8 Å². The lowest BCUT2D eigenvalue weighted by molar-refractivity contribution is -0.139. The van der Waals surface area contributed by atoms with E-state index in [9.17, 15) is 40.6 Å². The number of fused-ring (bicyclic) bond motifs is 1. The van der Waals surface area contributed by atoms with E-state index in [1.807, 2.05) is 0 Å². The van der Waals surface area contributed by atoms with E-state index in [0.717, 1.165) is 30.0 Å². The highest BCUT2D eigenvalue weighted by molar-refractivity contribution is 8.11. The molecule has 2 atom stereocenters. The Kier molecular flexibility index (Phi) is 10.9. The number of hydrogen-bond acceptors (Lipinski definition) is 6. The minimum Gasteiger partial charge on any atom is -0.489 e. The van der Waals surface area contributed by atoms with E-state index < -0.39 is 84.3 Å². The van der Waals surface area contributed by atoms with Crippen LogP contribution in [0.5, 0.6) is 5.75 Å². The van der Waals surface area contributed by atoms with Crippen LogP contribution in [0.3, 0.4) is 0 Å². The van der Waals surface area contributed by atoms with Gasteiger partial charge in [-0.05, 0) is 50.7 Å². The Hall–Kier alpha value is -2.16. The summed E-state index contributed by atoms with van der Waals surface area (Å²) < 4.78 is 118. The Balaban J connectivity index is 2.03. The first-order chi connectivity index (χ1) is 19.0. The summed E-state index contributed by atoms with van der Waals surface area (Å²) in [7, 11) is 0. The van der Waals surface area contributed by atoms with E-state index >= 15 is 4.39 Å². The van der Waals surface area contributed by atoms with Crippen molar-refractivity contribution in [2.45, 2.75) is 79.9 Å². The lowest BCUT2D eigenvalue weighted by Crippen LogP contribution is -2.44. The Morgan fingerprint density at radius 1 is 1.24 bits per heavy atom. The van der Waals surface area contributed by atoms with Gasteiger partial charge in [0.05, 0.1) is 16.8 Å². The molecule has 5 nitrogen and oxygen atoms in total. The maximum Gasteiger partial charge on any atom is 0.420 e. The number of anilines is 1. The second kappa shape index (κ2) is 13.4. The van der Waals surface area contributed by atoms with Gasteiger partial charge in [-0.3, -0.25) is 0 Å². The highest BCUT2D eigenvalue weighted by atomic mass is 32.2. The van der Waals surface area contributed by atoms with Gasteiger partial charge >= 0.3 is 12.1 Å². The Bertz CT molecular complexity index is 1130. The van der Waals surface area contributed by atoms with Gasteiger partial charge in [-0.1, -0.05) is 11.8 Å². The zero-order valence-corrected chi connectivity index (χ0v) is 23.8. The Morgan fingerprint density at radius 3 is 2.46 bits per heavy atom. The lowest BCUT2D eigenvalue weighted by Gasteiger charge is -2.40. The Morgan fingerprint density at radius 2 is 1.90 bits per heavy atom. The lowest BCUT2D eigenvalue weighted by atomic mass is 9.89. The van der Waals surface area contributed by atoms with Crippen molar-refractivity contribution in [1.29, 1.82) is 0 Å². The number of aliphatic imine (C=N–C) groups is 1. The standard InChI is InChI=1S/C26H30F8N2O3S2/c1-24(28,29)7-3-15-13-36(16-4-8-25(30,31)9-5-16)19-11-17(26(32,33)34)20(12-21(19)41-22(15)27)39-10-6-18(23(37)38)35-14-40-2/h6,11-12,14-16,22H,3-5,7-10,13H2,1-2H3,(H,37,38)/b18-6+,35-14?. The molecule has 1 saturated carbocycles. The molecular weight excluding hydrogens is 604 g/mol. The number of benzene rings is 1. The predicted octanol–water partition coefficient (Wildman–Crippen LogP) is 8.28. The number of aliphatic carboxylic acids is 1. The largest absolute Gasteiger partial charge is 0.489 e. The fourth-order valence-corrected chi connectivity index (χ4v) is 6.07. The van der Waals surface area contributed by atoms with E-state index in [0.29, 0.717) is 18.7 Å². The highest BCUT2D eigenvalue weighted by Crippen LogP contribution is 2.50. The molecule has 0 bridgehead atoms. The van der Waals surface area contributed by atoms with Crippen molar-refractivity contribution < 1.29 is 49.8 Å². The summed E-state index contributed by atoms with van der Waals surface area (Å²) >= 11 is 1.67. The number of carboxylic acid groups (broad SMARTS) is 1. The molecule has 0 radical (unpaired) electrons. The molecule has 1 N–H and O–H groups in total. The van der Waals surface area contributed by atoms with Crippen LogP contribution in [-0.2, 0) is 11.0 Å². The summed E-state index contributed by atoms with van der Waals surface area (Å²) in [6, 6.07) is 1.10. The van der Waals surface area contributed by atoms with Gasteiger partial charge < -0.3 is 14.7 Å². The minimum absolute atomic E-state index is 0.0337. The molecule has 1 aliphatic carbocycles. The summed E-state index contributed by atoms with van der Waals surface area (Å²) in [6.45, 7) is -0.132.